The molecule has 0 spiro atoms. The highest BCUT2D eigenvalue weighted by atomic mass is 32.2. The van der Waals surface area contributed by atoms with Crippen molar-refractivity contribution in [2.45, 2.75) is 56.8 Å². The average Bonchev–Trinajstić information content (AvgIpc) is 2.27. The molecule has 0 saturated heterocycles. The monoisotopic (exact) mass is 287 g/mol. The number of unbranched alkanes of at least 4 members (excludes halogenated alkanes) is 2. The van der Waals surface area contributed by atoms with E-state index in [1.807, 2.05) is 13.8 Å². The van der Waals surface area contributed by atoms with Crippen molar-refractivity contribution < 1.29 is 12.8 Å². The van der Waals surface area contributed by atoms with Gasteiger partial charge in [-0.1, -0.05) is 40.0 Å². The molecule has 108 valence electrons. The highest BCUT2D eigenvalue weighted by molar-refractivity contribution is 7.89. The maximum Gasteiger partial charge on any atom is 0.238 e. The highest BCUT2D eigenvalue weighted by Gasteiger charge is 2.25. The Morgan fingerprint density at radius 2 is 1.89 bits per heavy atom. The van der Waals surface area contributed by atoms with Gasteiger partial charge in [0.25, 0.3) is 0 Å². The zero-order valence-electron chi connectivity index (χ0n) is 11.7. The molecule has 0 aliphatic carbocycles. The van der Waals surface area contributed by atoms with Gasteiger partial charge in [-0.05, 0) is 35.6 Å². The molecule has 0 radical (unpaired) electrons. The number of hydrogen-bond donors (Lipinski definition) is 1. The van der Waals surface area contributed by atoms with Crippen molar-refractivity contribution in [3.8, 4) is 0 Å². The zero-order chi connectivity index (χ0) is 14.7. The molecule has 0 aromatic heterocycles. The Labute approximate surface area is 115 Å². The largest absolute Gasteiger partial charge is 0.238 e. The Morgan fingerprint density at radius 3 is 2.42 bits per heavy atom. The second-order valence-electron chi connectivity index (χ2n) is 5.53. The van der Waals surface area contributed by atoms with Gasteiger partial charge in [0.1, 0.15) is 5.82 Å². The van der Waals surface area contributed by atoms with Crippen molar-refractivity contribution in [3.05, 3.63) is 29.6 Å². The van der Waals surface area contributed by atoms with Gasteiger partial charge >= 0.3 is 0 Å². The van der Waals surface area contributed by atoms with Gasteiger partial charge in [-0.25, -0.2) is 17.9 Å². The zero-order valence-corrected chi connectivity index (χ0v) is 12.6. The Bertz CT molecular complexity index is 538. The second-order valence-corrected chi connectivity index (χ2v) is 7.09. The van der Waals surface area contributed by atoms with Gasteiger partial charge in [0, 0.05) is 0 Å². The van der Waals surface area contributed by atoms with E-state index in [9.17, 15) is 12.8 Å². The smallest absolute Gasteiger partial charge is 0.225 e. The van der Waals surface area contributed by atoms with Crippen LogP contribution in [0, 0.1) is 5.82 Å². The minimum atomic E-state index is -3.79. The van der Waals surface area contributed by atoms with Crippen molar-refractivity contribution in [1.29, 1.82) is 0 Å². The fraction of sp³-hybridized carbons (Fsp3) is 0.571. The van der Waals surface area contributed by atoms with Crippen molar-refractivity contribution in [3.63, 3.8) is 0 Å². The molecule has 1 rings (SSSR count). The Balaban J connectivity index is 3.11. The molecule has 0 aliphatic heterocycles. The van der Waals surface area contributed by atoms with Crippen LogP contribution in [0.25, 0.3) is 0 Å². The maximum atomic E-state index is 13.9. The summed E-state index contributed by atoms with van der Waals surface area (Å²) in [4.78, 5) is -0.0348. The van der Waals surface area contributed by atoms with E-state index in [1.54, 1.807) is 0 Å². The molecular weight excluding hydrogens is 265 g/mol. The first-order valence-corrected chi connectivity index (χ1v) is 8.06. The number of primary sulfonamides is 1. The third kappa shape index (κ3) is 4.28. The van der Waals surface area contributed by atoms with Crippen LogP contribution in [0.15, 0.2) is 23.1 Å². The van der Waals surface area contributed by atoms with Crippen LogP contribution in [0.3, 0.4) is 0 Å². The second kappa shape index (κ2) is 6.01. The summed E-state index contributed by atoms with van der Waals surface area (Å²) >= 11 is 0. The molecule has 2 N–H and O–H groups in total. The fourth-order valence-electron chi connectivity index (χ4n) is 2.15. The van der Waals surface area contributed by atoms with Crippen molar-refractivity contribution in [2.75, 3.05) is 0 Å². The summed E-state index contributed by atoms with van der Waals surface area (Å²) in [6.45, 7) is 5.96. The molecule has 1 aromatic rings. The van der Waals surface area contributed by atoms with E-state index < -0.39 is 15.4 Å². The van der Waals surface area contributed by atoms with Gasteiger partial charge < -0.3 is 0 Å². The summed E-state index contributed by atoms with van der Waals surface area (Å²) in [6.07, 6.45) is 3.98. The van der Waals surface area contributed by atoms with Crippen LogP contribution in [0.5, 0.6) is 0 Å². The number of benzene rings is 1. The van der Waals surface area contributed by atoms with Crippen LogP contribution in [-0.2, 0) is 15.4 Å². The quantitative estimate of drug-likeness (QED) is 0.816. The summed E-state index contributed by atoms with van der Waals surface area (Å²) in [5.74, 6) is -0.381. The van der Waals surface area contributed by atoms with Gasteiger partial charge in [0.2, 0.25) is 10.0 Å². The standard InChI is InChI=1S/C14H22FNO2S/c1-4-5-6-9-14(2,3)12-10-11(19(16,17)18)7-8-13(12)15/h7-8,10H,4-6,9H2,1-3H3,(H2,16,17,18). The molecule has 0 unspecified atom stereocenters. The molecule has 19 heavy (non-hydrogen) atoms. The molecule has 0 amide bonds. The number of nitrogens with two attached hydrogens (primary N) is 1. The van der Waals surface area contributed by atoms with Crippen LogP contribution < -0.4 is 5.14 Å². The third-order valence-corrected chi connectivity index (χ3v) is 4.31. The van der Waals surface area contributed by atoms with Crippen molar-refractivity contribution >= 4 is 10.0 Å². The first-order chi connectivity index (χ1) is 8.68. The first-order valence-electron chi connectivity index (χ1n) is 6.51. The molecule has 0 heterocycles. The lowest BCUT2D eigenvalue weighted by molar-refractivity contribution is 0.426. The molecule has 5 heteroatoms. The average molecular weight is 287 g/mol. The molecule has 0 bridgehead atoms. The lowest BCUT2D eigenvalue weighted by atomic mass is 9.80. The Hall–Kier alpha value is -0.940. The lowest BCUT2D eigenvalue weighted by Gasteiger charge is -2.26. The van der Waals surface area contributed by atoms with Crippen LogP contribution >= 0.6 is 0 Å². The predicted octanol–water partition coefficient (Wildman–Crippen LogP) is 3.33. The van der Waals surface area contributed by atoms with Gasteiger partial charge in [-0.3, -0.25) is 0 Å². The van der Waals surface area contributed by atoms with Crippen LogP contribution in [-0.4, -0.2) is 8.42 Å². The number of sulfonamides is 1. The summed E-state index contributed by atoms with van der Waals surface area (Å²) < 4.78 is 36.6. The van der Waals surface area contributed by atoms with Gasteiger partial charge in [0.05, 0.1) is 4.90 Å². The molecule has 1 aromatic carbocycles. The van der Waals surface area contributed by atoms with E-state index in [0.717, 1.165) is 25.7 Å². The Morgan fingerprint density at radius 1 is 1.26 bits per heavy atom. The maximum absolute atomic E-state index is 13.9. The third-order valence-electron chi connectivity index (χ3n) is 3.40. The minimum absolute atomic E-state index is 0.0348. The predicted molar refractivity (Wildman–Crippen MR) is 74.9 cm³/mol. The van der Waals surface area contributed by atoms with Crippen LogP contribution in [0.4, 0.5) is 4.39 Å². The summed E-state index contributed by atoms with van der Waals surface area (Å²) in [7, 11) is -3.79. The van der Waals surface area contributed by atoms with Crippen molar-refractivity contribution in [1.82, 2.24) is 0 Å². The number of hydrogen-bond acceptors (Lipinski definition) is 2. The summed E-state index contributed by atoms with van der Waals surface area (Å²) in [6, 6.07) is 3.74. The topological polar surface area (TPSA) is 60.2 Å². The van der Waals surface area contributed by atoms with E-state index >= 15 is 0 Å². The van der Waals surface area contributed by atoms with E-state index in [-0.39, 0.29) is 10.7 Å². The van der Waals surface area contributed by atoms with E-state index in [4.69, 9.17) is 5.14 Å². The minimum Gasteiger partial charge on any atom is -0.225 e. The van der Waals surface area contributed by atoms with E-state index in [0.29, 0.717) is 5.56 Å². The Kier molecular flexibility index (Phi) is 5.10. The molecule has 0 fully saturated rings. The van der Waals surface area contributed by atoms with Crippen LogP contribution in [0.2, 0.25) is 0 Å². The first kappa shape index (κ1) is 16.1. The number of rotatable bonds is 6. The molecule has 0 aliphatic rings. The normalized spacial score (nSPS) is 12.7. The lowest BCUT2D eigenvalue weighted by Crippen LogP contribution is -2.21. The summed E-state index contributed by atoms with van der Waals surface area (Å²) in [5, 5.41) is 5.09. The SMILES string of the molecule is CCCCCC(C)(C)c1cc(S(N)(=O)=O)ccc1F. The highest BCUT2D eigenvalue weighted by Crippen LogP contribution is 2.32. The van der Waals surface area contributed by atoms with Gasteiger partial charge in [-0.2, -0.15) is 0 Å². The van der Waals surface area contributed by atoms with E-state index in [2.05, 4.69) is 6.92 Å². The van der Waals surface area contributed by atoms with Crippen LogP contribution in [0.1, 0.15) is 52.0 Å². The van der Waals surface area contributed by atoms with Crippen molar-refractivity contribution in [2.24, 2.45) is 5.14 Å². The van der Waals surface area contributed by atoms with E-state index in [1.165, 1.54) is 18.2 Å². The summed E-state index contributed by atoms with van der Waals surface area (Å²) in [5.41, 5.74) is 0.00933. The molecule has 0 saturated carbocycles. The molecular formula is C14H22FNO2S. The fourth-order valence-corrected chi connectivity index (χ4v) is 2.69. The number of halogens is 1. The molecule has 0 atom stereocenters. The van der Waals surface area contributed by atoms with Gasteiger partial charge in [0.15, 0.2) is 0 Å². The van der Waals surface area contributed by atoms with Gasteiger partial charge in [-0.15, -0.1) is 0 Å². The molecule has 3 nitrogen and oxygen atoms in total.